The minimum absolute atomic E-state index is 0.113. The van der Waals surface area contributed by atoms with E-state index in [1.807, 2.05) is 6.92 Å². The zero-order valence-electron chi connectivity index (χ0n) is 16.4. The zero-order valence-corrected chi connectivity index (χ0v) is 16.4. The molecule has 1 aliphatic heterocycles. The maximum Gasteiger partial charge on any atom is 0.308 e. The molecule has 1 unspecified atom stereocenters. The predicted molar refractivity (Wildman–Crippen MR) is 102 cm³/mol. The number of carbonyl (C=O) groups excluding carboxylic acids is 2. The van der Waals surface area contributed by atoms with E-state index in [0.717, 1.165) is 0 Å². The number of likely N-dealkylation sites (tertiary alicyclic amines) is 1. The van der Waals surface area contributed by atoms with Gasteiger partial charge in [-0.25, -0.2) is 0 Å². The van der Waals surface area contributed by atoms with Crippen LogP contribution in [0.3, 0.4) is 0 Å². The summed E-state index contributed by atoms with van der Waals surface area (Å²) in [6.45, 7) is 3.82. The first-order valence-corrected chi connectivity index (χ1v) is 9.49. The van der Waals surface area contributed by atoms with E-state index in [9.17, 15) is 14.4 Å². The molecule has 1 heterocycles. The van der Waals surface area contributed by atoms with Gasteiger partial charge in [0.2, 0.25) is 5.91 Å². The Labute approximate surface area is 165 Å². The normalized spacial score (nSPS) is 16.5. The molecule has 0 saturated carbocycles. The number of carboxylic acid groups (broad SMARTS) is 1. The van der Waals surface area contributed by atoms with E-state index in [1.165, 1.54) is 9.80 Å². The highest BCUT2D eigenvalue weighted by Gasteiger charge is 2.29. The molecule has 2 rings (SSSR count). The second-order valence-corrected chi connectivity index (χ2v) is 6.72. The van der Waals surface area contributed by atoms with Gasteiger partial charge in [0.15, 0.2) is 0 Å². The summed E-state index contributed by atoms with van der Waals surface area (Å²) >= 11 is 0. The van der Waals surface area contributed by atoms with Crippen LogP contribution in [0.4, 0.5) is 0 Å². The third kappa shape index (κ3) is 5.95. The van der Waals surface area contributed by atoms with Gasteiger partial charge in [-0.3, -0.25) is 14.4 Å². The van der Waals surface area contributed by atoms with Crippen LogP contribution in [0.25, 0.3) is 0 Å². The number of carbonyl (C=O) groups is 3. The van der Waals surface area contributed by atoms with Gasteiger partial charge >= 0.3 is 5.97 Å². The van der Waals surface area contributed by atoms with Crippen LogP contribution in [0, 0.1) is 5.92 Å². The Morgan fingerprint density at radius 3 is 2.71 bits per heavy atom. The van der Waals surface area contributed by atoms with Gasteiger partial charge < -0.3 is 24.4 Å². The predicted octanol–water partition coefficient (Wildman–Crippen LogP) is 1.50. The van der Waals surface area contributed by atoms with E-state index in [-0.39, 0.29) is 24.9 Å². The van der Waals surface area contributed by atoms with Crippen molar-refractivity contribution in [2.24, 2.45) is 5.92 Å². The lowest BCUT2D eigenvalue weighted by Gasteiger charge is -2.32. The van der Waals surface area contributed by atoms with Crippen molar-refractivity contribution >= 4 is 17.8 Å². The lowest BCUT2D eigenvalue weighted by molar-refractivity contribution is -0.145. The Kier molecular flexibility index (Phi) is 8.25. The molecule has 0 radical (unpaired) electrons. The third-order valence-corrected chi connectivity index (χ3v) is 4.65. The summed E-state index contributed by atoms with van der Waals surface area (Å²) in [5, 5.41) is 9.17. The summed E-state index contributed by atoms with van der Waals surface area (Å²) < 4.78 is 10.9. The molecule has 8 heteroatoms. The number of piperidine rings is 1. The second kappa shape index (κ2) is 10.7. The molecule has 1 fully saturated rings. The third-order valence-electron chi connectivity index (χ3n) is 4.65. The SMILES string of the molecule is CCOCCOc1ccccc1C(=O)N(C)CC(=O)N1CCCC(C(=O)O)C1. The molecule has 1 aromatic rings. The molecule has 1 aliphatic rings. The first kappa shape index (κ1) is 21.7. The van der Waals surface area contributed by atoms with Crippen LogP contribution in [0.5, 0.6) is 5.75 Å². The number of amides is 2. The van der Waals surface area contributed by atoms with E-state index >= 15 is 0 Å². The maximum atomic E-state index is 12.8. The summed E-state index contributed by atoms with van der Waals surface area (Å²) in [6, 6.07) is 6.87. The van der Waals surface area contributed by atoms with Crippen LogP contribution in [-0.4, -0.2) is 79.2 Å². The Morgan fingerprint density at radius 2 is 2.00 bits per heavy atom. The van der Waals surface area contributed by atoms with Crippen LogP contribution in [-0.2, 0) is 14.3 Å². The van der Waals surface area contributed by atoms with Gasteiger partial charge in [-0.05, 0) is 31.9 Å². The number of ether oxygens (including phenoxy) is 2. The summed E-state index contributed by atoms with van der Waals surface area (Å²) in [6.07, 6.45) is 1.22. The zero-order chi connectivity index (χ0) is 20.5. The lowest BCUT2D eigenvalue weighted by Crippen LogP contribution is -2.46. The molecule has 0 aliphatic carbocycles. The topological polar surface area (TPSA) is 96.4 Å². The number of aliphatic carboxylic acids is 1. The van der Waals surface area contributed by atoms with Crippen LogP contribution in [0.2, 0.25) is 0 Å². The molecule has 1 atom stereocenters. The van der Waals surface area contributed by atoms with Crippen LogP contribution in [0.15, 0.2) is 24.3 Å². The van der Waals surface area contributed by atoms with Crippen LogP contribution in [0.1, 0.15) is 30.1 Å². The molecule has 1 aromatic carbocycles. The van der Waals surface area contributed by atoms with Gasteiger partial charge in [0.1, 0.15) is 12.4 Å². The molecule has 154 valence electrons. The van der Waals surface area contributed by atoms with Crippen molar-refractivity contribution in [3.63, 3.8) is 0 Å². The quantitative estimate of drug-likeness (QED) is 0.640. The molecule has 8 nitrogen and oxygen atoms in total. The van der Waals surface area contributed by atoms with Crippen LogP contribution < -0.4 is 4.74 Å². The fraction of sp³-hybridized carbons (Fsp3) is 0.550. The minimum Gasteiger partial charge on any atom is -0.490 e. The molecule has 2 amide bonds. The molecule has 28 heavy (non-hydrogen) atoms. The number of carboxylic acids is 1. The van der Waals surface area contributed by atoms with E-state index < -0.39 is 11.9 Å². The van der Waals surface area contributed by atoms with Crippen molar-refractivity contribution in [3.05, 3.63) is 29.8 Å². The van der Waals surface area contributed by atoms with Crippen molar-refractivity contribution in [2.45, 2.75) is 19.8 Å². The van der Waals surface area contributed by atoms with E-state index in [0.29, 0.717) is 50.5 Å². The van der Waals surface area contributed by atoms with Gasteiger partial charge in [-0.15, -0.1) is 0 Å². The molecule has 0 spiro atoms. The van der Waals surface area contributed by atoms with Crippen molar-refractivity contribution in [1.29, 1.82) is 0 Å². The Morgan fingerprint density at radius 1 is 1.25 bits per heavy atom. The Bertz CT molecular complexity index is 693. The average molecular weight is 392 g/mol. The summed E-state index contributed by atoms with van der Waals surface area (Å²) in [4.78, 5) is 39.4. The Balaban J connectivity index is 1.96. The number of benzene rings is 1. The number of para-hydroxylation sites is 1. The highest BCUT2D eigenvalue weighted by atomic mass is 16.5. The van der Waals surface area contributed by atoms with E-state index in [1.54, 1.807) is 31.3 Å². The van der Waals surface area contributed by atoms with Gasteiger partial charge in [-0.1, -0.05) is 12.1 Å². The number of hydrogen-bond acceptors (Lipinski definition) is 5. The maximum absolute atomic E-state index is 12.8. The number of likely N-dealkylation sites (N-methyl/N-ethyl adjacent to an activating group) is 1. The standard InChI is InChI=1S/C20H28N2O6/c1-3-27-11-12-28-17-9-5-4-8-16(17)19(24)21(2)14-18(23)22-10-6-7-15(13-22)20(25)26/h4-5,8-9,15H,3,6-7,10-14H2,1-2H3,(H,25,26). The summed E-state index contributed by atoms with van der Waals surface area (Å²) in [7, 11) is 1.55. The fourth-order valence-corrected chi connectivity index (χ4v) is 3.11. The number of rotatable bonds is 9. The summed E-state index contributed by atoms with van der Waals surface area (Å²) in [5.41, 5.74) is 0.372. The molecule has 1 N–H and O–H groups in total. The molecule has 0 aromatic heterocycles. The Hall–Kier alpha value is -2.61. The van der Waals surface area contributed by atoms with E-state index in [2.05, 4.69) is 0 Å². The van der Waals surface area contributed by atoms with Crippen molar-refractivity contribution in [2.75, 3.05) is 46.5 Å². The van der Waals surface area contributed by atoms with E-state index in [4.69, 9.17) is 14.6 Å². The average Bonchev–Trinajstić information content (AvgIpc) is 2.71. The second-order valence-electron chi connectivity index (χ2n) is 6.72. The fourth-order valence-electron chi connectivity index (χ4n) is 3.11. The molecular formula is C20H28N2O6. The smallest absolute Gasteiger partial charge is 0.308 e. The molecule has 1 saturated heterocycles. The van der Waals surface area contributed by atoms with Crippen molar-refractivity contribution < 1.29 is 29.0 Å². The number of hydrogen-bond donors (Lipinski definition) is 1. The van der Waals surface area contributed by atoms with Crippen LogP contribution >= 0.6 is 0 Å². The summed E-state index contributed by atoms with van der Waals surface area (Å²) in [5.74, 6) is -1.57. The number of nitrogens with zero attached hydrogens (tertiary/aromatic N) is 2. The first-order chi connectivity index (χ1) is 13.4. The highest BCUT2D eigenvalue weighted by molar-refractivity contribution is 5.98. The van der Waals surface area contributed by atoms with Crippen molar-refractivity contribution in [1.82, 2.24) is 9.80 Å². The van der Waals surface area contributed by atoms with Gasteiger partial charge in [-0.2, -0.15) is 0 Å². The first-order valence-electron chi connectivity index (χ1n) is 9.49. The monoisotopic (exact) mass is 392 g/mol. The minimum atomic E-state index is -0.889. The highest BCUT2D eigenvalue weighted by Crippen LogP contribution is 2.20. The van der Waals surface area contributed by atoms with Gasteiger partial charge in [0.05, 0.1) is 24.6 Å². The van der Waals surface area contributed by atoms with Gasteiger partial charge in [0.25, 0.3) is 5.91 Å². The largest absolute Gasteiger partial charge is 0.490 e. The molecule has 0 bridgehead atoms. The molecular weight excluding hydrogens is 364 g/mol. The lowest BCUT2D eigenvalue weighted by atomic mass is 9.98. The van der Waals surface area contributed by atoms with Gasteiger partial charge in [0, 0.05) is 26.7 Å². The van der Waals surface area contributed by atoms with Crippen molar-refractivity contribution in [3.8, 4) is 5.75 Å².